The standard InChI is InChI=1S/C78H52N4O/c1-5-19-53(20-6-1)55-33-37-59(38-34-55)79(61-41-45-75-70(51-61)67-29-15-17-31-72(67)81(75)57-23-9-3-10-24-57)74-47-43-64(63-27-13-14-28-66(63)74)65-44-48-77(78-69(65)49-50-83-78)80(60-39-35-56(36-40-60)54-21-7-2-8-22-54)62-42-46-76-71(52-62)68-30-16-18-32-73(68)82(76)58-25-11-4-12-26-58/h1-52H. The van der Waals surface area contributed by atoms with E-state index >= 15 is 0 Å². The van der Waals surface area contributed by atoms with Crippen LogP contribution in [0.3, 0.4) is 0 Å². The molecule has 83 heavy (non-hydrogen) atoms. The van der Waals surface area contributed by atoms with Crippen LogP contribution in [0.4, 0.5) is 34.1 Å². The second-order valence-corrected chi connectivity index (χ2v) is 21.2. The number of hydrogen-bond donors (Lipinski definition) is 0. The molecule has 0 bridgehead atoms. The maximum atomic E-state index is 6.72. The molecule has 0 spiro atoms. The van der Waals surface area contributed by atoms with E-state index in [2.05, 4.69) is 328 Å². The molecule has 3 heterocycles. The average Bonchev–Trinajstić information content (AvgIpc) is 3.04. The molecule has 0 aliphatic carbocycles. The minimum absolute atomic E-state index is 0.803. The highest BCUT2D eigenvalue weighted by Crippen LogP contribution is 2.49. The summed E-state index contributed by atoms with van der Waals surface area (Å²) in [6.07, 6.45) is 1.84. The van der Waals surface area contributed by atoms with E-state index in [1.807, 2.05) is 6.26 Å². The lowest BCUT2D eigenvalue weighted by molar-refractivity contribution is 0.616. The third kappa shape index (κ3) is 8.08. The van der Waals surface area contributed by atoms with Gasteiger partial charge in [0.15, 0.2) is 5.58 Å². The molecular weight excluding hydrogens is 1010 g/mol. The van der Waals surface area contributed by atoms with Crippen LogP contribution in [-0.4, -0.2) is 9.13 Å². The highest BCUT2D eigenvalue weighted by atomic mass is 16.3. The van der Waals surface area contributed by atoms with Crippen molar-refractivity contribution >= 4 is 99.5 Å². The highest BCUT2D eigenvalue weighted by Gasteiger charge is 2.25. The monoisotopic (exact) mass is 1060 g/mol. The molecule has 0 fully saturated rings. The molecule has 5 nitrogen and oxygen atoms in total. The first kappa shape index (κ1) is 47.8. The number of rotatable bonds is 11. The van der Waals surface area contributed by atoms with Crippen LogP contribution in [0.25, 0.3) is 110 Å². The summed E-state index contributed by atoms with van der Waals surface area (Å²) in [7, 11) is 0. The molecule has 0 unspecified atom stereocenters. The first-order valence-electron chi connectivity index (χ1n) is 28.3. The molecular formula is C78H52N4O. The van der Waals surface area contributed by atoms with Gasteiger partial charge in [-0.25, -0.2) is 0 Å². The van der Waals surface area contributed by atoms with E-state index in [0.717, 1.165) is 100 Å². The Kier molecular flexibility index (Phi) is 11.5. The van der Waals surface area contributed by atoms with Crippen molar-refractivity contribution in [3.63, 3.8) is 0 Å². The second-order valence-electron chi connectivity index (χ2n) is 21.2. The van der Waals surface area contributed by atoms with Crippen molar-refractivity contribution in [2.75, 3.05) is 9.80 Å². The van der Waals surface area contributed by atoms with Crippen LogP contribution in [0.15, 0.2) is 320 Å². The van der Waals surface area contributed by atoms with Gasteiger partial charge in [0, 0.05) is 66.4 Å². The molecule has 3 aromatic heterocycles. The van der Waals surface area contributed by atoms with Gasteiger partial charge in [0.2, 0.25) is 0 Å². The van der Waals surface area contributed by atoms with Crippen molar-refractivity contribution in [3.05, 3.63) is 316 Å². The van der Waals surface area contributed by atoms with Gasteiger partial charge in [-0.05, 0) is 154 Å². The van der Waals surface area contributed by atoms with Crippen LogP contribution in [0.2, 0.25) is 0 Å². The first-order chi connectivity index (χ1) is 41.2. The Balaban J connectivity index is 0.858. The number of para-hydroxylation sites is 4. The van der Waals surface area contributed by atoms with E-state index < -0.39 is 0 Å². The maximum absolute atomic E-state index is 6.72. The van der Waals surface area contributed by atoms with Gasteiger partial charge in [-0.2, -0.15) is 0 Å². The van der Waals surface area contributed by atoms with Crippen LogP contribution >= 0.6 is 0 Å². The van der Waals surface area contributed by atoms with Crippen LogP contribution in [0.1, 0.15) is 0 Å². The number of nitrogens with zero attached hydrogens (tertiary/aromatic N) is 4. The van der Waals surface area contributed by atoms with Crippen molar-refractivity contribution < 1.29 is 4.42 Å². The van der Waals surface area contributed by atoms with Gasteiger partial charge < -0.3 is 23.4 Å². The van der Waals surface area contributed by atoms with Crippen LogP contribution in [-0.2, 0) is 0 Å². The van der Waals surface area contributed by atoms with E-state index in [4.69, 9.17) is 4.42 Å². The summed E-state index contributed by atoms with van der Waals surface area (Å²) in [5.41, 5.74) is 20.8. The van der Waals surface area contributed by atoms with Crippen LogP contribution < -0.4 is 9.80 Å². The summed E-state index contributed by atoms with van der Waals surface area (Å²) in [5.74, 6) is 0. The molecule has 0 saturated heterocycles. The van der Waals surface area contributed by atoms with Gasteiger partial charge in [-0.15, -0.1) is 0 Å². The second kappa shape index (κ2) is 19.9. The smallest absolute Gasteiger partial charge is 0.158 e. The van der Waals surface area contributed by atoms with Crippen molar-refractivity contribution in [3.8, 4) is 44.8 Å². The van der Waals surface area contributed by atoms with Crippen molar-refractivity contribution in [2.45, 2.75) is 0 Å². The van der Waals surface area contributed by atoms with E-state index in [-0.39, 0.29) is 0 Å². The molecule has 5 heteroatoms. The topological polar surface area (TPSA) is 29.5 Å². The summed E-state index contributed by atoms with van der Waals surface area (Å²) in [4.78, 5) is 4.79. The average molecular weight is 1060 g/mol. The van der Waals surface area contributed by atoms with Gasteiger partial charge in [0.1, 0.15) is 0 Å². The number of aromatic nitrogens is 2. The van der Waals surface area contributed by atoms with Gasteiger partial charge in [0.05, 0.1) is 39.7 Å². The SMILES string of the molecule is c1ccc(-c2ccc(N(c3ccc4c(c3)c3ccccc3n4-c3ccccc3)c3ccc(-c4ccc(N(c5ccc(-c6ccccc6)cc5)c5ccc6c(c5)c5ccccc5n6-c5ccccc5)c5occc45)c4ccccc34)cc2)cc1. The minimum atomic E-state index is 0.803. The molecule has 0 radical (unpaired) electrons. The van der Waals surface area contributed by atoms with Gasteiger partial charge >= 0.3 is 0 Å². The summed E-state index contributed by atoms with van der Waals surface area (Å²) in [5, 5.41) is 8.07. The molecule has 16 aromatic rings. The largest absolute Gasteiger partial charge is 0.462 e. The molecule has 13 aromatic carbocycles. The zero-order valence-corrected chi connectivity index (χ0v) is 45.2. The maximum Gasteiger partial charge on any atom is 0.158 e. The minimum Gasteiger partial charge on any atom is -0.462 e. The molecule has 0 N–H and O–H groups in total. The summed E-state index contributed by atoms with van der Waals surface area (Å²) in [6, 6.07) is 112. The Morgan fingerprint density at radius 3 is 1.12 bits per heavy atom. The Morgan fingerprint density at radius 2 is 0.614 bits per heavy atom. The Hall–Kier alpha value is -11.1. The van der Waals surface area contributed by atoms with Crippen LogP contribution in [0.5, 0.6) is 0 Å². The van der Waals surface area contributed by atoms with Gasteiger partial charge in [-0.3, -0.25) is 0 Å². The molecule has 0 saturated carbocycles. The number of benzene rings is 13. The summed E-state index contributed by atoms with van der Waals surface area (Å²) in [6.45, 7) is 0. The predicted molar refractivity (Wildman–Crippen MR) is 348 cm³/mol. The molecule has 390 valence electrons. The summed E-state index contributed by atoms with van der Waals surface area (Å²) < 4.78 is 11.5. The van der Waals surface area contributed by atoms with Gasteiger partial charge in [0.25, 0.3) is 0 Å². The van der Waals surface area contributed by atoms with Gasteiger partial charge in [-0.1, -0.05) is 194 Å². The highest BCUT2D eigenvalue weighted by molar-refractivity contribution is 6.15. The van der Waals surface area contributed by atoms with E-state index in [0.29, 0.717) is 0 Å². The lowest BCUT2D eigenvalue weighted by Gasteiger charge is -2.28. The number of furan rings is 1. The Labute approximate surface area is 480 Å². The number of fused-ring (bicyclic) bond motifs is 8. The third-order valence-electron chi connectivity index (χ3n) is 16.6. The quantitative estimate of drug-likeness (QED) is 0.129. The third-order valence-corrected chi connectivity index (χ3v) is 16.6. The zero-order chi connectivity index (χ0) is 54.8. The fourth-order valence-corrected chi connectivity index (χ4v) is 12.8. The summed E-state index contributed by atoms with van der Waals surface area (Å²) >= 11 is 0. The van der Waals surface area contributed by atoms with Crippen molar-refractivity contribution in [2.24, 2.45) is 0 Å². The number of hydrogen-bond acceptors (Lipinski definition) is 3. The molecule has 16 rings (SSSR count). The lowest BCUT2D eigenvalue weighted by atomic mass is 9.93. The van der Waals surface area contributed by atoms with Crippen molar-refractivity contribution in [1.82, 2.24) is 9.13 Å². The zero-order valence-electron chi connectivity index (χ0n) is 45.2. The molecule has 0 atom stereocenters. The Bertz CT molecular complexity index is 5060. The first-order valence-corrected chi connectivity index (χ1v) is 28.3. The molecule has 0 aliphatic rings. The fourth-order valence-electron chi connectivity index (χ4n) is 12.8. The van der Waals surface area contributed by atoms with E-state index in [1.54, 1.807) is 0 Å². The number of anilines is 6. The van der Waals surface area contributed by atoms with Crippen molar-refractivity contribution in [1.29, 1.82) is 0 Å². The predicted octanol–water partition coefficient (Wildman–Crippen LogP) is 21.7. The lowest BCUT2D eigenvalue weighted by Crippen LogP contribution is -2.11. The van der Waals surface area contributed by atoms with E-state index in [1.165, 1.54) is 43.8 Å². The molecule has 0 aliphatic heterocycles. The van der Waals surface area contributed by atoms with Crippen LogP contribution in [0, 0.1) is 0 Å². The molecule has 0 amide bonds. The Morgan fingerprint density at radius 1 is 0.241 bits per heavy atom. The fraction of sp³-hybridized carbons (Fsp3) is 0. The normalized spacial score (nSPS) is 11.6. The van der Waals surface area contributed by atoms with E-state index in [9.17, 15) is 0 Å².